The van der Waals surface area contributed by atoms with Crippen LogP contribution in [0, 0.1) is 11.3 Å². The van der Waals surface area contributed by atoms with E-state index in [4.69, 9.17) is 11.6 Å². The number of fused-ring (bicyclic) bond motifs is 2. The summed E-state index contributed by atoms with van der Waals surface area (Å²) in [6, 6.07) is 12.0. The van der Waals surface area contributed by atoms with Gasteiger partial charge < -0.3 is 4.57 Å². The number of benzene rings is 1. The molecule has 25 heavy (non-hydrogen) atoms. The van der Waals surface area contributed by atoms with E-state index < -0.39 is 0 Å². The van der Waals surface area contributed by atoms with Crippen LogP contribution in [0.5, 0.6) is 0 Å². The summed E-state index contributed by atoms with van der Waals surface area (Å²) in [6.07, 6.45) is 6.03. The van der Waals surface area contributed by atoms with E-state index in [0.29, 0.717) is 22.1 Å². The van der Waals surface area contributed by atoms with Gasteiger partial charge in [0, 0.05) is 23.9 Å². The second kappa shape index (κ2) is 6.66. The Labute approximate surface area is 150 Å². The highest BCUT2D eigenvalue weighted by atomic mass is 35.5. The van der Waals surface area contributed by atoms with Gasteiger partial charge in [-0.3, -0.25) is 0 Å². The molecule has 1 aliphatic heterocycles. The van der Waals surface area contributed by atoms with Crippen LogP contribution < -0.4 is 0 Å². The lowest BCUT2D eigenvalue weighted by Gasteiger charge is -2.07. The standard InChI is InChI=1S/C19H16ClN5/c20-18-14(10-13-6-3-4-7-16(13)22-18)11-15(12-21)19-24-23-17-8-2-1-5-9-25(17)19/h3-4,6-7,10-11H,1-2,5,8-9H2. The zero-order valence-electron chi connectivity index (χ0n) is 13.6. The van der Waals surface area contributed by atoms with Crippen LogP contribution in [-0.4, -0.2) is 19.7 Å². The smallest absolute Gasteiger partial charge is 0.174 e. The third-order valence-electron chi connectivity index (χ3n) is 4.48. The van der Waals surface area contributed by atoms with Gasteiger partial charge in [0.1, 0.15) is 17.0 Å². The normalized spacial score (nSPS) is 14.8. The van der Waals surface area contributed by atoms with Crippen molar-refractivity contribution in [2.24, 2.45) is 0 Å². The van der Waals surface area contributed by atoms with Gasteiger partial charge in [0.15, 0.2) is 5.82 Å². The van der Waals surface area contributed by atoms with Crippen LogP contribution in [0.25, 0.3) is 22.6 Å². The number of nitriles is 1. The summed E-state index contributed by atoms with van der Waals surface area (Å²) in [5.74, 6) is 1.57. The summed E-state index contributed by atoms with van der Waals surface area (Å²) in [5.41, 5.74) is 2.00. The highest BCUT2D eigenvalue weighted by Gasteiger charge is 2.18. The number of aromatic nitrogens is 4. The van der Waals surface area contributed by atoms with Crippen molar-refractivity contribution in [2.45, 2.75) is 32.2 Å². The Kier molecular flexibility index (Phi) is 4.21. The molecule has 0 spiro atoms. The summed E-state index contributed by atoms with van der Waals surface area (Å²) in [5, 5.41) is 19.6. The Balaban J connectivity index is 1.81. The fourth-order valence-corrected chi connectivity index (χ4v) is 3.40. The lowest BCUT2D eigenvalue weighted by Crippen LogP contribution is -2.05. The Bertz CT molecular complexity index is 1010. The monoisotopic (exact) mass is 349 g/mol. The molecule has 1 aliphatic rings. The summed E-state index contributed by atoms with van der Waals surface area (Å²) in [6.45, 7) is 0.848. The molecule has 5 nitrogen and oxygen atoms in total. The van der Waals surface area contributed by atoms with E-state index >= 15 is 0 Å². The van der Waals surface area contributed by atoms with Crippen molar-refractivity contribution in [3.05, 3.63) is 52.7 Å². The first kappa shape index (κ1) is 15.8. The number of hydrogen-bond acceptors (Lipinski definition) is 4. The summed E-state index contributed by atoms with van der Waals surface area (Å²) in [4.78, 5) is 4.42. The largest absolute Gasteiger partial charge is 0.310 e. The molecule has 0 bridgehead atoms. The topological polar surface area (TPSA) is 67.4 Å². The SMILES string of the molecule is N#CC(=Cc1cc2ccccc2nc1Cl)c1nnc2n1CCCCC2. The maximum absolute atomic E-state index is 9.67. The first-order chi connectivity index (χ1) is 12.3. The van der Waals surface area contributed by atoms with E-state index in [-0.39, 0.29) is 0 Å². The van der Waals surface area contributed by atoms with Gasteiger partial charge in [-0.05, 0) is 31.1 Å². The molecule has 0 saturated carbocycles. The van der Waals surface area contributed by atoms with Gasteiger partial charge in [-0.25, -0.2) is 4.98 Å². The fraction of sp³-hybridized carbons (Fsp3) is 0.263. The van der Waals surface area contributed by atoms with Crippen molar-refractivity contribution in [1.82, 2.24) is 19.7 Å². The highest BCUT2D eigenvalue weighted by molar-refractivity contribution is 6.31. The molecule has 0 fully saturated rings. The average Bonchev–Trinajstić information content (AvgIpc) is 2.88. The molecule has 0 atom stereocenters. The number of hydrogen-bond donors (Lipinski definition) is 0. The van der Waals surface area contributed by atoms with Crippen molar-refractivity contribution in [3.8, 4) is 6.07 Å². The van der Waals surface area contributed by atoms with E-state index in [9.17, 15) is 5.26 Å². The molecule has 0 amide bonds. The van der Waals surface area contributed by atoms with Crippen molar-refractivity contribution < 1.29 is 0 Å². The molecule has 2 aromatic heterocycles. The maximum Gasteiger partial charge on any atom is 0.174 e. The molecule has 0 radical (unpaired) electrons. The number of nitrogens with zero attached hydrogens (tertiary/aromatic N) is 5. The first-order valence-corrected chi connectivity index (χ1v) is 8.73. The van der Waals surface area contributed by atoms with Crippen LogP contribution in [0.1, 0.15) is 36.5 Å². The molecule has 3 aromatic rings. The van der Waals surface area contributed by atoms with Gasteiger partial charge in [0.05, 0.1) is 11.1 Å². The first-order valence-electron chi connectivity index (χ1n) is 8.36. The number of rotatable bonds is 2. The minimum Gasteiger partial charge on any atom is -0.310 e. The molecule has 0 N–H and O–H groups in total. The Hall–Kier alpha value is -2.71. The van der Waals surface area contributed by atoms with Gasteiger partial charge in [-0.15, -0.1) is 10.2 Å². The van der Waals surface area contributed by atoms with Gasteiger partial charge in [0.2, 0.25) is 0 Å². The third kappa shape index (κ3) is 3.01. The average molecular weight is 350 g/mol. The van der Waals surface area contributed by atoms with Gasteiger partial charge in [-0.2, -0.15) is 5.26 Å². The zero-order valence-corrected chi connectivity index (χ0v) is 14.4. The van der Waals surface area contributed by atoms with Crippen LogP contribution in [0.3, 0.4) is 0 Å². The fourth-order valence-electron chi connectivity index (χ4n) is 3.20. The molecular weight excluding hydrogens is 334 g/mol. The van der Waals surface area contributed by atoms with Crippen molar-refractivity contribution in [3.63, 3.8) is 0 Å². The predicted octanol–water partition coefficient (Wildman–Crippen LogP) is 4.27. The van der Waals surface area contributed by atoms with Crippen LogP contribution in [0.2, 0.25) is 5.15 Å². The maximum atomic E-state index is 9.67. The van der Waals surface area contributed by atoms with Crippen LogP contribution in [0.4, 0.5) is 0 Å². The Morgan fingerprint density at radius 2 is 2.08 bits per heavy atom. The summed E-state index contributed by atoms with van der Waals surface area (Å²) < 4.78 is 2.06. The molecule has 6 heteroatoms. The van der Waals surface area contributed by atoms with E-state index in [0.717, 1.165) is 42.5 Å². The molecule has 124 valence electrons. The second-order valence-corrected chi connectivity index (χ2v) is 6.49. The highest BCUT2D eigenvalue weighted by Crippen LogP contribution is 2.26. The molecule has 0 aliphatic carbocycles. The molecular formula is C19H16ClN5. The van der Waals surface area contributed by atoms with Gasteiger partial charge >= 0.3 is 0 Å². The Morgan fingerprint density at radius 3 is 2.96 bits per heavy atom. The van der Waals surface area contributed by atoms with Crippen LogP contribution in [0.15, 0.2) is 30.3 Å². The lowest BCUT2D eigenvalue weighted by atomic mass is 10.1. The van der Waals surface area contributed by atoms with E-state index in [1.54, 1.807) is 6.08 Å². The molecule has 3 heterocycles. The summed E-state index contributed by atoms with van der Waals surface area (Å²) in [7, 11) is 0. The summed E-state index contributed by atoms with van der Waals surface area (Å²) >= 11 is 6.33. The predicted molar refractivity (Wildman–Crippen MR) is 97.8 cm³/mol. The number of pyridine rings is 1. The molecule has 1 aromatic carbocycles. The quantitative estimate of drug-likeness (QED) is 0.511. The molecule has 4 rings (SSSR count). The zero-order chi connectivity index (χ0) is 17.2. The molecule has 0 unspecified atom stereocenters. The molecule has 0 saturated heterocycles. The second-order valence-electron chi connectivity index (χ2n) is 6.13. The minimum atomic E-state index is 0.377. The van der Waals surface area contributed by atoms with Crippen molar-refractivity contribution in [2.75, 3.05) is 0 Å². The van der Waals surface area contributed by atoms with Crippen molar-refractivity contribution in [1.29, 1.82) is 5.26 Å². The van der Waals surface area contributed by atoms with Gasteiger partial charge in [-0.1, -0.05) is 36.2 Å². The van der Waals surface area contributed by atoms with E-state index in [1.165, 1.54) is 6.42 Å². The lowest BCUT2D eigenvalue weighted by molar-refractivity contribution is 0.627. The van der Waals surface area contributed by atoms with Crippen molar-refractivity contribution >= 4 is 34.2 Å². The van der Waals surface area contributed by atoms with Crippen LogP contribution >= 0.6 is 11.6 Å². The number of aryl methyl sites for hydroxylation is 1. The van der Waals surface area contributed by atoms with E-state index in [2.05, 4.69) is 25.8 Å². The number of allylic oxidation sites excluding steroid dienone is 1. The van der Waals surface area contributed by atoms with Crippen LogP contribution in [-0.2, 0) is 13.0 Å². The number of para-hydroxylation sites is 1. The van der Waals surface area contributed by atoms with Gasteiger partial charge in [0.25, 0.3) is 0 Å². The Morgan fingerprint density at radius 1 is 1.20 bits per heavy atom. The number of halogens is 1. The van der Waals surface area contributed by atoms with E-state index in [1.807, 2.05) is 30.3 Å². The third-order valence-corrected chi connectivity index (χ3v) is 4.78. The minimum absolute atomic E-state index is 0.377.